The second-order valence-corrected chi connectivity index (χ2v) is 3.45. The first-order valence-electron chi connectivity index (χ1n) is 3.68. The molecule has 0 aromatic carbocycles. The van der Waals surface area contributed by atoms with Crippen LogP contribution in [0.15, 0.2) is 29.3 Å². The van der Waals surface area contributed by atoms with Crippen LogP contribution >= 0.6 is 15.9 Å². The van der Waals surface area contributed by atoms with Crippen molar-refractivity contribution >= 4 is 27.2 Å². The molecule has 6 heteroatoms. The van der Waals surface area contributed by atoms with Crippen molar-refractivity contribution in [1.29, 1.82) is 0 Å². The summed E-state index contributed by atoms with van der Waals surface area (Å²) in [7, 11) is 0. The summed E-state index contributed by atoms with van der Waals surface area (Å²) in [5.74, 6) is 0. The van der Waals surface area contributed by atoms with Gasteiger partial charge in [0.2, 0.25) is 0 Å². The standard InChI is InChI=1S/C7H4BrN5/c8-5-3-12-6(10-5)1-2-7-11-9-4-13(7)12/h1-4H. The maximum Gasteiger partial charge on any atom is 0.176 e. The molecule has 0 saturated heterocycles. The monoisotopic (exact) mass is 237 g/mol. The normalized spacial score (nSPS) is 11.5. The molecule has 0 aliphatic heterocycles. The van der Waals surface area contributed by atoms with Gasteiger partial charge in [-0.05, 0) is 28.1 Å². The fourth-order valence-corrected chi connectivity index (χ4v) is 1.68. The second kappa shape index (κ2) is 2.29. The number of hydrogen-bond donors (Lipinski definition) is 0. The molecule has 13 heavy (non-hydrogen) atoms. The van der Waals surface area contributed by atoms with Crippen LogP contribution in [0.25, 0.3) is 11.3 Å². The molecule has 0 aliphatic rings. The van der Waals surface area contributed by atoms with Crippen molar-refractivity contribution in [1.82, 2.24) is 24.2 Å². The molecule has 3 rings (SSSR count). The van der Waals surface area contributed by atoms with Crippen LogP contribution in [0.4, 0.5) is 0 Å². The first kappa shape index (κ1) is 7.02. The lowest BCUT2D eigenvalue weighted by Gasteiger charge is -1.95. The van der Waals surface area contributed by atoms with Crippen LogP contribution in [0.3, 0.4) is 0 Å². The molecule has 0 fully saturated rings. The van der Waals surface area contributed by atoms with Crippen molar-refractivity contribution in [2.24, 2.45) is 0 Å². The molecule has 3 aromatic rings. The van der Waals surface area contributed by atoms with Crippen molar-refractivity contribution in [2.75, 3.05) is 0 Å². The number of rotatable bonds is 0. The highest BCUT2D eigenvalue weighted by Gasteiger charge is 2.02. The fourth-order valence-electron chi connectivity index (χ4n) is 1.31. The molecule has 0 bridgehead atoms. The average molecular weight is 238 g/mol. The molecular formula is C7H4BrN5. The molecule has 3 aromatic heterocycles. The molecule has 3 heterocycles. The smallest absolute Gasteiger partial charge is 0.176 e. The van der Waals surface area contributed by atoms with Crippen LogP contribution < -0.4 is 0 Å². The number of fused-ring (bicyclic) bond motifs is 3. The largest absolute Gasteiger partial charge is 0.233 e. The lowest BCUT2D eigenvalue weighted by molar-refractivity contribution is 0.848. The molecule has 0 unspecified atom stereocenters. The molecule has 5 nitrogen and oxygen atoms in total. The Kier molecular flexibility index (Phi) is 1.24. The first-order valence-corrected chi connectivity index (χ1v) is 4.47. The van der Waals surface area contributed by atoms with E-state index in [-0.39, 0.29) is 0 Å². The third kappa shape index (κ3) is 0.888. The van der Waals surface area contributed by atoms with Crippen LogP contribution in [0, 0.1) is 0 Å². The van der Waals surface area contributed by atoms with Gasteiger partial charge in [0.15, 0.2) is 11.3 Å². The summed E-state index contributed by atoms with van der Waals surface area (Å²) >= 11 is 3.31. The second-order valence-electron chi connectivity index (χ2n) is 2.63. The van der Waals surface area contributed by atoms with Gasteiger partial charge in [-0.25, -0.2) is 14.0 Å². The van der Waals surface area contributed by atoms with Gasteiger partial charge in [-0.3, -0.25) is 0 Å². The van der Waals surface area contributed by atoms with Gasteiger partial charge in [-0.15, -0.1) is 10.2 Å². The van der Waals surface area contributed by atoms with Crippen LogP contribution in [0.1, 0.15) is 0 Å². The third-order valence-electron chi connectivity index (χ3n) is 1.85. The summed E-state index contributed by atoms with van der Waals surface area (Å²) < 4.78 is 4.50. The molecular weight excluding hydrogens is 234 g/mol. The van der Waals surface area contributed by atoms with E-state index in [4.69, 9.17) is 0 Å². The van der Waals surface area contributed by atoms with E-state index in [2.05, 4.69) is 31.1 Å². The van der Waals surface area contributed by atoms with Crippen LogP contribution in [-0.2, 0) is 0 Å². The highest BCUT2D eigenvalue weighted by Crippen LogP contribution is 2.11. The zero-order chi connectivity index (χ0) is 8.84. The Labute approximate surface area is 81.1 Å². The highest BCUT2D eigenvalue weighted by molar-refractivity contribution is 9.10. The van der Waals surface area contributed by atoms with E-state index < -0.39 is 0 Å². The lowest BCUT2D eigenvalue weighted by atomic mass is 10.5. The van der Waals surface area contributed by atoms with Gasteiger partial charge >= 0.3 is 0 Å². The molecule has 0 spiro atoms. The van der Waals surface area contributed by atoms with E-state index in [9.17, 15) is 0 Å². The minimum atomic E-state index is 0.800. The number of aromatic nitrogens is 5. The van der Waals surface area contributed by atoms with Gasteiger partial charge < -0.3 is 0 Å². The summed E-state index contributed by atoms with van der Waals surface area (Å²) in [5.41, 5.74) is 1.66. The Morgan fingerprint density at radius 2 is 2.00 bits per heavy atom. The molecule has 0 radical (unpaired) electrons. The molecule has 0 atom stereocenters. The quantitative estimate of drug-likeness (QED) is 0.590. The van der Waals surface area contributed by atoms with Crippen LogP contribution in [-0.4, -0.2) is 24.2 Å². The van der Waals surface area contributed by atoms with Crippen molar-refractivity contribution in [3.05, 3.63) is 29.3 Å². The highest BCUT2D eigenvalue weighted by atomic mass is 79.9. The number of imidazole rings is 1. The predicted octanol–water partition coefficient (Wildman–Crippen LogP) is 1.14. The maximum atomic E-state index is 4.25. The molecule has 0 amide bonds. The van der Waals surface area contributed by atoms with Crippen molar-refractivity contribution in [3.8, 4) is 0 Å². The van der Waals surface area contributed by atoms with Crippen molar-refractivity contribution < 1.29 is 0 Å². The molecule has 0 aliphatic carbocycles. The van der Waals surface area contributed by atoms with Crippen LogP contribution in [0.2, 0.25) is 0 Å². The fraction of sp³-hybridized carbons (Fsp3) is 0. The minimum absolute atomic E-state index is 0.800. The summed E-state index contributed by atoms with van der Waals surface area (Å²) in [6.45, 7) is 0. The topological polar surface area (TPSA) is 47.5 Å². The van der Waals surface area contributed by atoms with Gasteiger partial charge in [-0.1, -0.05) is 0 Å². The zero-order valence-corrected chi connectivity index (χ0v) is 8.01. The molecule has 64 valence electrons. The van der Waals surface area contributed by atoms with Gasteiger partial charge in [0.05, 0.1) is 6.20 Å². The Balaban J connectivity index is 2.64. The van der Waals surface area contributed by atoms with Crippen LogP contribution in [0.5, 0.6) is 0 Å². The van der Waals surface area contributed by atoms with Gasteiger partial charge in [0.25, 0.3) is 0 Å². The van der Waals surface area contributed by atoms with E-state index in [0.717, 1.165) is 15.9 Å². The van der Waals surface area contributed by atoms with E-state index in [0.29, 0.717) is 0 Å². The van der Waals surface area contributed by atoms with Crippen molar-refractivity contribution in [2.45, 2.75) is 0 Å². The van der Waals surface area contributed by atoms with E-state index in [1.165, 1.54) is 0 Å². The number of nitrogens with zero attached hydrogens (tertiary/aromatic N) is 5. The van der Waals surface area contributed by atoms with E-state index in [1.54, 1.807) is 6.33 Å². The summed E-state index contributed by atoms with van der Waals surface area (Å²) in [6.07, 6.45) is 3.52. The first-order chi connectivity index (χ1) is 6.34. The van der Waals surface area contributed by atoms with Gasteiger partial charge in [0, 0.05) is 0 Å². The predicted molar refractivity (Wildman–Crippen MR) is 49.4 cm³/mol. The lowest BCUT2D eigenvalue weighted by Crippen LogP contribution is -1.96. The molecule has 0 N–H and O–H groups in total. The minimum Gasteiger partial charge on any atom is -0.233 e. The van der Waals surface area contributed by atoms with Gasteiger partial charge in [0.1, 0.15) is 10.9 Å². The maximum absolute atomic E-state index is 4.25. The van der Waals surface area contributed by atoms with Crippen molar-refractivity contribution in [3.63, 3.8) is 0 Å². The summed E-state index contributed by atoms with van der Waals surface area (Å²) in [4.78, 5) is 4.25. The molecule has 0 saturated carbocycles. The Hall–Kier alpha value is -1.43. The Bertz CT molecular complexity index is 581. The van der Waals surface area contributed by atoms with Gasteiger partial charge in [-0.2, -0.15) is 0 Å². The SMILES string of the molecule is Brc1cn2c(ccc3nncn32)n1. The average Bonchev–Trinajstić information content (AvgIpc) is 2.65. The Morgan fingerprint density at radius 1 is 1.15 bits per heavy atom. The summed E-state index contributed by atoms with van der Waals surface area (Å²) in [6, 6.07) is 3.77. The number of halogens is 1. The number of hydrogen-bond acceptors (Lipinski definition) is 3. The zero-order valence-electron chi connectivity index (χ0n) is 6.42. The van der Waals surface area contributed by atoms with E-state index in [1.807, 2.05) is 27.4 Å². The third-order valence-corrected chi connectivity index (χ3v) is 2.24. The Morgan fingerprint density at radius 3 is 2.92 bits per heavy atom. The summed E-state index contributed by atoms with van der Waals surface area (Å²) in [5, 5.41) is 7.74. The van der Waals surface area contributed by atoms with E-state index >= 15 is 0 Å².